The number of halogens is 2. The monoisotopic (exact) mass is 423 g/mol. The van der Waals surface area contributed by atoms with E-state index in [0.29, 0.717) is 47.0 Å². The van der Waals surface area contributed by atoms with Gasteiger partial charge < -0.3 is 15.1 Å². The van der Waals surface area contributed by atoms with Crippen molar-refractivity contribution in [2.24, 2.45) is 0 Å². The second kappa shape index (κ2) is 9.89. The summed E-state index contributed by atoms with van der Waals surface area (Å²) in [6, 6.07) is 9.79. The summed E-state index contributed by atoms with van der Waals surface area (Å²) in [5.41, 5.74) is 0.574. The van der Waals surface area contributed by atoms with Gasteiger partial charge in [0.1, 0.15) is 5.76 Å². The molecule has 2 aromatic rings. The molecule has 0 radical (unpaired) electrons. The lowest BCUT2D eigenvalue weighted by atomic mass is 10.0. The lowest BCUT2D eigenvalue weighted by molar-refractivity contribution is -0.117. The van der Waals surface area contributed by atoms with E-state index in [-0.39, 0.29) is 24.4 Å². The number of nitrogens with one attached hydrogen (secondary N) is 2. The highest BCUT2D eigenvalue weighted by Gasteiger charge is 2.23. The van der Waals surface area contributed by atoms with Crippen LogP contribution in [-0.2, 0) is 4.79 Å². The molecule has 1 aliphatic heterocycles. The number of hydrogen-bond donors (Lipinski definition) is 2. The first-order chi connectivity index (χ1) is 13.9. The quantitative estimate of drug-likeness (QED) is 0.664. The number of piperidine rings is 1. The maximum atomic E-state index is 12.3. The van der Waals surface area contributed by atoms with Crippen molar-refractivity contribution in [1.82, 2.24) is 10.2 Å². The molecule has 1 aromatic carbocycles. The van der Waals surface area contributed by atoms with E-state index in [1.165, 1.54) is 0 Å². The summed E-state index contributed by atoms with van der Waals surface area (Å²) in [6.07, 6.45) is 1.50. The van der Waals surface area contributed by atoms with E-state index in [1.54, 1.807) is 43.3 Å². The number of nitrogens with zero attached hydrogens (tertiary/aromatic N) is 1. The van der Waals surface area contributed by atoms with Gasteiger partial charge in [-0.3, -0.25) is 14.5 Å². The summed E-state index contributed by atoms with van der Waals surface area (Å²) in [5, 5.41) is 5.74. The van der Waals surface area contributed by atoms with Gasteiger partial charge in [0, 0.05) is 29.7 Å². The molecule has 1 saturated heterocycles. The summed E-state index contributed by atoms with van der Waals surface area (Å²) in [5.74, 6) is -1.84. The molecule has 1 fully saturated rings. The minimum Gasteiger partial charge on any atom is -0.456 e. The van der Waals surface area contributed by atoms with Crippen LogP contribution < -0.4 is 10.6 Å². The molecule has 3 rings (SSSR count). The summed E-state index contributed by atoms with van der Waals surface area (Å²) < 4.78 is 30.0. The molecule has 1 aliphatic rings. The summed E-state index contributed by atoms with van der Waals surface area (Å²) in [7, 11) is 0. The fraction of sp³-hybridized carbons (Fsp3) is 0.400. The Morgan fingerprint density at radius 3 is 2.45 bits per heavy atom. The van der Waals surface area contributed by atoms with Crippen LogP contribution in [0, 0.1) is 6.92 Å². The van der Waals surface area contributed by atoms with Gasteiger partial charge in [-0.15, -0.1) is 0 Å². The fourth-order valence-electron chi connectivity index (χ4n) is 3.17. The van der Waals surface area contributed by atoms with E-state index in [9.17, 15) is 18.4 Å². The van der Waals surface area contributed by atoms with Crippen molar-refractivity contribution in [1.29, 1.82) is 0 Å². The normalized spacial score (nSPS) is 15.4. The predicted molar refractivity (Wildman–Crippen MR) is 107 cm³/mol. The third kappa shape index (κ3) is 6.57. The van der Waals surface area contributed by atoms with Gasteiger partial charge in [-0.1, -0.05) is 11.8 Å². The van der Waals surface area contributed by atoms with E-state index in [1.807, 2.05) is 4.90 Å². The smallest absolute Gasteiger partial charge is 0.288 e. The molecule has 6 nitrogen and oxygen atoms in total. The Kier molecular flexibility index (Phi) is 7.27. The van der Waals surface area contributed by atoms with Crippen molar-refractivity contribution in [3.05, 3.63) is 47.9 Å². The van der Waals surface area contributed by atoms with Crippen LogP contribution in [0.5, 0.6) is 0 Å². The number of aryl methyl sites for hydroxylation is 1. The average molecular weight is 423 g/mol. The maximum absolute atomic E-state index is 12.3. The number of hydrogen-bond acceptors (Lipinski definition) is 5. The summed E-state index contributed by atoms with van der Waals surface area (Å²) in [4.78, 5) is 26.9. The highest BCUT2D eigenvalue weighted by molar-refractivity contribution is 7.99. The van der Waals surface area contributed by atoms with Crippen LogP contribution in [0.1, 0.15) is 29.2 Å². The Balaban J connectivity index is 1.39. The number of rotatable bonds is 7. The Morgan fingerprint density at radius 2 is 1.86 bits per heavy atom. The summed E-state index contributed by atoms with van der Waals surface area (Å²) >= 11 is 0.468. The zero-order chi connectivity index (χ0) is 20.8. The number of carbonyl (C=O) groups is 2. The molecule has 0 spiro atoms. The Labute approximate surface area is 172 Å². The number of amides is 2. The SMILES string of the molecule is Cc1ccc(C(=O)NC2CCN(CC(=O)Nc3ccc(SC(F)F)cc3)CC2)o1. The molecule has 0 bridgehead atoms. The maximum Gasteiger partial charge on any atom is 0.288 e. The first-order valence-electron chi connectivity index (χ1n) is 9.33. The molecule has 9 heteroatoms. The van der Waals surface area contributed by atoms with Gasteiger partial charge in [-0.05, 0) is 56.2 Å². The second-order valence-corrected chi connectivity index (χ2v) is 7.95. The van der Waals surface area contributed by atoms with E-state index >= 15 is 0 Å². The largest absolute Gasteiger partial charge is 0.456 e. The second-order valence-electron chi connectivity index (χ2n) is 6.89. The predicted octanol–water partition coefficient (Wildman–Crippen LogP) is 3.74. The molecule has 0 aliphatic carbocycles. The molecular weight excluding hydrogens is 400 g/mol. The molecule has 1 aromatic heterocycles. The molecule has 2 heterocycles. The van der Waals surface area contributed by atoms with Crippen molar-refractivity contribution in [2.75, 3.05) is 25.0 Å². The number of furan rings is 1. The zero-order valence-corrected chi connectivity index (χ0v) is 16.8. The number of anilines is 1. The van der Waals surface area contributed by atoms with Crippen molar-refractivity contribution in [2.45, 2.75) is 36.5 Å². The van der Waals surface area contributed by atoms with Crippen LogP contribution in [0.25, 0.3) is 0 Å². The number of benzene rings is 1. The topological polar surface area (TPSA) is 74.6 Å². The molecule has 2 amide bonds. The first-order valence-corrected chi connectivity index (χ1v) is 10.2. The van der Waals surface area contributed by atoms with Crippen molar-refractivity contribution < 1.29 is 22.8 Å². The molecule has 156 valence electrons. The average Bonchev–Trinajstić information content (AvgIpc) is 3.11. The third-order valence-corrected chi connectivity index (χ3v) is 5.34. The van der Waals surface area contributed by atoms with Gasteiger partial charge in [-0.2, -0.15) is 8.78 Å². The highest BCUT2D eigenvalue weighted by atomic mass is 32.2. The highest BCUT2D eigenvalue weighted by Crippen LogP contribution is 2.26. The van der Waals surface area contributed by atoms with Gasteiger partial charge >= 0.3 is 0 Å². The van der Waals surface area contributed by atoms with Crippen LogP contribution >= 0.6 is 11.8 Å². The van der Waals surface area contributed by atoms with Crippen molar-refractivity contribution in [3.8, 4) is 0 Å². The number of carbonyl (C=O) groups excluding carboxylic acids is 2. The lowest BCUT2D eigenvalue weighted by Crippen LogP contribution is -2.46. The van der Waals surface area contributed by atoms with Gasteiger partial charge in [-0.25, -0.2) is 0 Å². The van der Waals surface area contributed by atoms with Crippen LogP contribution in [0.3, 0.4) is 0 Å². The number of alkyl halides is 2. The molecular formula is C20H23F2N3O3S. The summed E-state index contributed by atoms with van der Waals surface area (Å²) in [6.45, 7) is 3.42. The molecule has 0 atom stereocenters. The van der Waals surface area contributed by atoms with Crippen LogP contribution in [0.15, 0.2) is 45.7 Å². The van der Waals surface area contributed by atoms with Gasteiger partial charge in [0.2, 0.25) is 5.91 Å². The van der Waals surface area contributed by atoms with Gasteiger partial charge in [0.25, 0.3) is 11.7 Å². The van der Waals surface area contributed by atoms with Crippen molar-refractivity contribution in [3.63, 3.8) is 0 Å². The Morgan fingerprint density at radius 1 is 1.17 bits per heavy atom. The number of thioether (sulfide) groups is 1. The Bertz CT molecular complexity index is 834. The van der Waals surface area contributed by atoms with E-state index in [2.05, 4.69) is 10.6 Å². The third-order valence-electron chi connectivity index (χ3n) is 4.62. The first kappa shape index (κ1) is 21.3. The van der Waals surface area contributed by atoms with Gasteiger partial charge in [0.15, 0.2) is 5.76 Å². The van der Waals surface area contributed by atoms with Crippen LogP contribution in [0.4, 0.5) is 14.5 Å². The minimum absolute atomic E-state index is 0.0482. The van der Waals surface area contributed by atoms with Crippen LogP contribution in [-0.4, -0.2) is 48.1 Å². The molecule has 29 heavy (non-hydrogen) atoms. The van der Waals surface area contributed by atoms with Gasteiger partial charge in [0.05, 0.1) is 6.54 Å². The molecule has 0 saturated carbocycles. The minimum atomic E-state index is -2.47. The Hall–Kier alpha value is -2.39. The molecule has 2 N–H and O–H groups in total. The fourth-order valence-corrected chi connectivity index (χ4v) is 3.67. The van der Waals surface area contributed by atoms with E-state index in [4.69, 9.17) is 4.42 Å². The molecule has 0 unspecified atom stereocenters. The number of likely N-dealkylation sites (tertiary alicyclic amines) is 1. The van der Waals surface area contributed by atoms with Crippen molar-refractivity contribution >= 4 is 29.3 Å². The lowest BCUT2D eigenvalue weighted by Gasteiger charge is -2.31. The van der Waals surface area contributed by atoms with E-state index < -0.39 is 5.76 Å². The standard InChI is InChI=1S/C20H23F2N3O3S/c1-13-2-7-17(28-13)19(27)24-15-8-10-25(11-9-15)12-18(26)23-14-3-5-16(6-4-14)29-20(21)22/h2-7,15,20H,8-12H2,1H3,(H,23,26)(H,24,27). The van der Waals surface area contributed by atoms with E-state index in [0.717, 1.165) is 12.8 Å². The van der Waals surface area contributed by atoms with Crippen LogP contribution in [0.2, 0.25) is 0 Å². The zero-order valence-electron chi connectivity index (χ0n) is 16.0.